The van der Waals surface area contributed by atoms with Gasteiger partial charge in [0.05, 0.1) is 10.8 Å². The maximum absolute atomic E-state index is 12.8. The van der Waals surface area contributed by atoms with Crippen molar-refractivity contribution in [3.05, 3.63) is 24.3 Å². The Hall–Kier alpha value is -1.26. The van der Waals surface area contributed by atoms with E-state index in [0.717, 1.165) is 24.3 Å². The molecule has 3 rings (SSSR count). The number of carboxylic acid groups (broad SMARTS) is 1. The molecular weight excluding hydrogens is 367 g/mol. The molecule has 5 nitrogen and oxygen atoms in total. The molecule has 0 amide bonds. The van der Waals surface area contributed by atoms with E-state index >= 15 is 0 Å². The third-order valence-electron chi connectivity index (χ3n) is 4.42. The fourth-order valence-corrected chi connectivity index (χ4v) is 5.97. The number of rotatable bonds is 4. The Kier molecular flexibility index (Phi) is 4.33. The number of hydrogen-bond acceptors (Lipinski definition) is 4. The van der Waals surface area contributed by atoms with Crippen LogP contribution >= 0.6 is 11.8 Å². The highest BCUT2D eigenvalue weighted by Crippen LogP contribution is 2.45. The zero-order valence-corrected chi connectivity index (χ0v) is 13.9. The molecule has 2 heterocycles. The Balaban J connectivity index is 1.85. The molecule has 3 atom stereocenters. The lowest BCUT2D eigenvalue weighted by Gasteiger charge is -2.22. The van der Waals surface area contributed by atoms with Crippen LogP contribution in [-0.2, 0) is 14.8 Å². The number of carboxylic acids is 1. The number of carbonyl (C=O) groups is 1. The molecule has 0 aliphatic carbocycles. The van der Waals surface area contributed by atoms with Gasteiger partial charge in [-0.25, -0.2) is 8.42 Å². The van der Waals surface area contributed by atoms with Crippen molar-refractivity contribution < 1.29 is 31.5 Å². The smallest absolute Gasteiger partial charge is 0.446 e. The maximum atomic E-state index is 12.8. The molecule has 0 radical (unpaired) electrons. The van der Waals surface area contributed by atoms with Gasteiger partial charge in [-0.2, -0.15) is 17.5 Å². The Bertz CT molecular complexity index is 748. The highest BCUT2D eigenvalue weighted by molar-refractivity contribution is 8.00. The number of thioether (sulfide) groups is 1. The molecule has 0 saturated carbocycles. The van der Waals surface area contributed by atoms with Gasteiger partial charge in [0.1, 0.15) is 0 Å². The van der Waals surface area contributed by atoms with Crippen LogP contribution in [0.1, 0.15) is 19.3 Å². The summed E-state index contributed by atoms with van der Waals surface area (Å²) in [5.74, 6) is -1.74. The van der Waals surface area contributed by atoms with Gasteiger partial charge in [-0.3, -0.25) is 4.79 Å². The number of halogens is 3. The van der Waals surface area contributed by atoms with Gasteiger partial charge in [0.25, 0.3) is 0 Å². The first-order chi connectivity index (χ1) is 11.1. The predicted octanol–water partition coefficient (Wildman–Crippen LogP) is 2.92. The van der Waals surface area contributed by atoms with Crippen LogP contribution in [0, 0.1) is 5.92 Å². The Morgan fingerprint density at radius 2 is 1.83 bits per heavy atom. The standard InChI is InChI=1S/C14H14F3NO4S2/c15-14(16,17)23-9-2-4-10(5-3-9)24(21,22)18-8-1-6-12(18)11(7-8)13(19)20/h2-5,8,11-12H,1,6-7H2,(H,19,20). The second kappa shape index (κ2) is 5.92. The van der Waals surface area contributed by atoms with Crippen LogP contribution in [0.2, 0.25) is 0 Å². The summed E-state index contributed by atoms with van der Waals surface area (Å²) in [4.78, 5) is 11.0. The summed E-state index contributed by atoms with van der Waals surface area (Å²) in [6, 6.07) is 3.55. The number of nitrogens with zero attached hydrogens (tertiary/aromatic N) is 1. The zero-order chi connectivity index (χ0) is 17.7. The number of aliphatic carboxylic acids is 1. The lowest BCUT2D eigenvalue weighted by atomic mass is 9.89. The van der Waals surface area contributed by atoms with E-state index in [2.05, 4.69) is 0 Å². The average molecular weight is 381 g/mol. The summed E-state index contributed by atoms with van der Waals surface area (Å²) in [5.41, 5.74) is -4.44. The Labute approximate surface area is 140 Å². The first-order valence-corrected chi connectivity index (χ1v) is 9.47. The molecule has 10 heteroatoms. The van der Waals surface area contributed by atoms with Crippen molar-refractivity contribution in [3.63, 3.8) is 0 Å². The number of fused-ring (bicyclic) bond motifs is 2. The highest BCUT2D eigenvalue weighted by Gasteiger charge is 2.54. The number of alkyl halides is 3. The van der Waals surface area contributed by atoms with E-state index in [1.165, 1.54) is 4.31 Å². The minimum absolute atomic E-state index is 0.103. The van der Waals surface area contributed by atoms with Crippen LogP contribution < -0.4 is 0 Å². The summed E-state index contributed by atoms with van der Waals surface area (Å²) >= 11 is -0.316. The summed E-state index contributed by atoms with van der Waals surface area (Å²) in [5, 5.41) is 9.20. The van der Waals surface area contributed by atoms with E-state index in [1.54, 1.807) is 0 Å². The summed E-state index contributed by atoms with van der Waals surface area (Å²) in [7, 11) is -3.92. The number of benzene rings is 1. The van der Waals surface area contributed by atoms with Crippen molar-refractivity contribution in [2.24, 2.45) is 5.92 Å². The van der Waals surface area contributed by atoms with Crippen molar-refractivity contribution in [1.82, 2.24) is 4.31 Å². The molecule has 24 heavy (non-hydrogen) atoms. The van der Waals surface area contributed by atoms with Crippen LogP contribution in [0.3, 0.4) is 0 Å². The van der Waals surface area contributed by atoms with Crippen molar-refractivity contribution in [2.75, 3.05) is 0 Å². The van der Waals surface area contributed by atoms with Gasteiger partial charge < -0.3 is 5.11 Å². The molecule has 0 spiro atoms. The number of sulfonamides is 1. The van der Waals surface area contributed by atoms with Crippen LogP contribution in [0.5, 0.6) is 0 Å². The largest absolute Gasteiger partial charge is 0.481 e. The first-order valence-electron chi connectivity index (χ1n) is 7.22. The van der Waals surface area contributed by atoms with E-state index < -0.39 is 33.5 Å². The van der Waals surface area contributed by atoms with Crippen LogP contribution in [0.15, 0.2) is 34.1 Å². The quantitative estimate of drug-likeness (QED) is 0.812. The van der Waals surface area contributed by atoms with Crippen molar-refractivity contribution >= 4 is 27.8 Å². The molecule has 0 aromatic heterocycles. The highest BCUT2D eigenvalue weighted by atomic mass is 32.2. The fraction of sp³-hybridized carbons (Fsp3) is 0.500. The molecule has 1 aromatic carbocycles. The number of hydrogen-bond donors (Lipinski definition) is 1. The summed E-state index contributed by atoms with van der Waals surface area (Å²) in [6.07, 6.45) is 1.37. The molecule has 1 aromatic rings. The average Bonchev–Trinajstić information content (AvgIpc) is 3.04. The SMILES string of the molecule is O=C(O)C1CC2CCC1N2S(=O)(=O)c1ccc(SC(F)(F)F)cc1. The van der Waals surface area contributed by atoms with E-state index in [1.807, 2.05) is 0 Å². The van der Waals surface area contributed by atoms with E-state index in [9.17, 15) is 31.5 Å². The molecule has 132 valence electrons. The Morgan fingerprint density at radius 1 is 1.21 bits per heavy atom. The molecule has 2 bridgehead atoms. The Morgan fingerprint density at radius 3 is 2.33 bits per heavy atom. The summed E-state index contributed by atoms with van der Waals surface area (Å²) < 4.78 is 63.8. The monoisotopic (exact) mass is 381 g/mol. The van der Waals surface area contributed by atoms with E-state index in [0.29, 0.717) is 12.8 Å². The zero-order valence-electron chi connectivity index (χ0n) is 12.2. The lowest BCUT2D eigenvalue weighted by molar-refractivity contribution is -0.142. The fourth-order valence-electron chi connectivity index (χ4n) is 3.51. The molecule has 1 N–H and O–H groups in total. The topological polar surface area (TPSA) is 74.7 Å². The van der Waals surface area contributed by atoms with Crippen LogP contribution in [-0.4, -0.2) is 41.4 Å². The van der Waals surface area contributed by atoms with E-state index in [4.69, 9.17) is 0 Å². The van der Waals surface area contributed by atoms with Crippen molar-refractivity contribution in [1.29, 1.82) is 0 Å². The van der Waals surface area contributed by atoms with Gasteiger partial charge in [-0.05, 0) is 55.3 Å². The minimum atomic E-state index is -4.44. The van der Waals surface area contributed by atoms with Crippen LogP contribution in [0.25, 0.3) is 0 Å². The second-order valence-corrected chi connectivity index (χ2v) is 8.81. The first kappa shape index (κ1) is 17.6. The van der Waals surface area contributed by atoms with Gasteiger partial charge in [-0.1, -0.05) is 0 Å². The second-order valence-electron chi connectivity index (χ2n) is 5.83. The lowest BCUT2D eigenvalue weighted by Crippen LogP contribution is -2.37. The molecular formula is C14H14F3NO4S2. The van der Waals surface area contributed by atoms with Gasteiger partial charge >= 0.3 is 11.5 Å². The van der Waals surface area contributed by atoms with Gasteiger partial charge in [0.2, 0.25) is 10.0 Å². The predicted molar refractivity (Wildman–Crippen MR) is 79.9 cm³/mol. The normalized spacial score (nSPS) is 27.5. The third kappa shape index (κ3) is 3.14. The van der Waals surface area contributed by atoms with Crippen LogP contribution in [0.4, 0.5) is 13.2 Å². The molecule has 2 aliphatic heterocycles. The molecule has 3 unspecified atom stereocenters. The van der Waals surface area contributed by atoms with Crippen molar-refractivity contribution in [2.45, 2.75) is 46.6 Å². The minimum Gasteiger partial charge on any atom is -0.481 e. The van der Waals surface area contributed by atoms with Crippen molar-refractivity contribution in [3.8, 4) is 0 Å². The maximum Gasteiger partial charge on any atom is 0.446 e. The summed E-state index contributed by atoms with van der Waals surface area (Å²) in [6.45, 7) is 0. The third-order valence-corrected chi connectivity index (χ3v) is 7.15. The van der Waals surface area contributed by atoms with Gasteiger partial charge in [0.15, 0.2) is 0 Å². The van der Waals surface area contributed by atoms with E-state index in [-0.39, 0.29) is 34.0 Å². The van der Waals surface area contributed by atoms with Gasteiger partial charge in [-0.15, -0.1) is 0 Å². The molecule has 2 aliphatic rings. The molecule has 2 fully saturated rings. The van der Waals surface area contributed by atoms with Gasteiger partial charge in [0, 0.05) is 17.0 Å². The molecule has 2 saturated heterocycles.